The Labute approximate surface area is 103 Å². The first kappa shape index (κ1) is 12.3. The van der Waals surface area contributed by atoms with Crippen molar-refractivity contribution in [1.29, 1.82) is 0 Å². The highest BCUT2D eigenvalue weighted by Gasteiger charge is 2.35. The van der Waals surface area contributed by atoms with Gasteiger partial charge in [0, 0.05) is 12.7 Å². The van der Waals surface area contributed by atoms with Crippen LogP contribution in [-0.2, 0) is 4.74 Å². The average Bonchev–Trinajstić information content (AvgIpc) is 2.59. The molecule has 2 N–H and O–H groups in total. The number of nitrogens with zero attached hydrogens (tertiary/aromatic N) is 1. The molecule has 18 heavy (non-hydrogen) atoms. The van der Waals surface area contributed by atoms with Crippen molar-refractivity contribution in [2.45, 2.75) is 0 Å². The summed E-state index contributed by atoms with van der Waals surface area (Å²) in [5, 5.41) is 0. The minimum absolute atomic E-state index is 0.189. The number of ether oxygens (including phenoxy) is 1. The molecule has 0 fully saturated rings. The van der Waals surface area contributed by atoms with Crippen LogP contribution in [0.1, 0.15) is 31.1 Å². The summed E-state index contributed by atoms with van der Waals surface area (Å²) < 4.78 is 4.84. The number of hydrogen-bond donors (Lipinski definition) is 1. The molecule has 1 heterocycles. The molecule has 1 aromatic rings. The predicted octanol–water partition coefficient (Wildman–Crippen LogP) is 0.0279. The van der Waals surface area contributed by atoms with Crippen molar-refractivity contribution >= 4 is 17.7 Å². The lowest BCUT2D eigenvalue weighted by Crippen LogP contribution is -2.32. The van der Waals surface area contributed by atoms with Gasteiger partial charge in [0.25, 0.3) is 11.8 Å². The Bertz CT molecular complexity index is 539. The Hall–Kier alpha value is -2.21. The fourth-order valence-corrected chi connectivity index (χ4v) is 1.83. The summed E-state index contributed by atoms with van der Waals surface area (Å²) in [6.45, 7) is 0.461. The molecule has 6 nitrogen and oxygen atoms in total. The van der Waals surface area contributed by atoms with Crippen molar-refractivity contribution in [2.24, 2.45) is 5.73 Å². The van der Waals surface area contributed by atoms with Gasteiger partial charge in [0.1, 0.15) is 0 Å². The SMILES string of the molecule is COCCN1C(=O)c2ccc(C(N)=O)cc2C1=O. The van der Waals surface area contributed by atoms with Gasteiger partial charge < -0.3 is 10.5 Å². The summed E-state index contributed by atoms with van der Waals surface area (Å²) in [6.07, 6.45) is 0. The number of nitrogens with two attached hydrogens (primary N) is 1. The summed E-state index contributed by atoms with van der Waals surface area (Å²) in [7, 11) is 1.49. The van der Waals surface area contributed by atoms with Gasteiger partial charge >= 0.3 is 0 Å². The van der Waals surface area contributed by atoms with Crippen LogP contribution in [0.4, 0.5) is 0 Å². The summed E-state index contributed by atoms with van der Waals surface area (Å²) >= 11 is 0. The van der Waals surface area contributed by atoms with Gasteiger partial charge in [0.15, 0.2) is 0 Å². The minimum Gasteiger partial charge on any atom is -0.383 e. The Kier molecular flexibility index (Phi) is 3.12. The van der Waals surface area contributed by atoms with E-state index in [4.69, 9.17) is 10.5 Å². The lowest BCUT2D eigenvalue weighted by molar-refractivity contribution is 0.0603. The van der Waals surface area contributed by atoms with Crippen molar-refractivity contribution in [3.8, 4) is 0 Å². The molecule has 0 atom stereocenters. The highest BCUT2D eigenvalue weighted by molar-refractivity contribution is 6.22. The van der Waals surface area contributed by atoms with E-state index in [0.29, 0.717) is 5.56 Å². The number of carbonyl (C=O) groups is 3. The largest absolute Gasteiger partial charge is 0.383 e. The number of imide groups is 1. The molecule has 94 valence electrons. The Morgan fingerprint density at radius 1 is 1.28 bits per heavy atom. The number of amides is 3. The molecular formula is C12H12N2O4. The normalized spacial score (nSPS) is 13.9. The van der Waals surface area contributed by atoms with Crippen molar-refractivity contribution in [1.82, 2.24) is 4.90 Å². The summed E-state index contributed by atoms with van der Waals surface area (Å²) in [5.74, 6) is -1.42. The lowest BCUT2D eigenvalue weighted by atomic mass is 10.1. The molecular weight excluding hydrogens is 236 g/mol. The third-order valence-electron chi connectivity index (χ3n) is 2.77. The molecule has 0 saturated carbocycles. The van der Waals surface area contributed by atoms with Crippen LogP contribution in [0.15, 0.2) is 18.2 Å². The zero-order valence-corrected chi connectivity index (χ0v) is 9.80. The zero-order chi connectivity index (χ0) is 13.3. The van der Waals surface area contributed by atoms with Crippen LogP contribution in [0, 0.1) is 0 Å². The van der Waals surface area contributed by atoms with Crippen LogP contribution < -0.4 is 5.73 Å². The molecule has 0 saturated heterocycles. The maximum Gasteiger partial charge on any atom is 0.261 e. The molecule has 0 spiro atoms. The number of methoxy groups -OCH3 is 1. The van der Waals surface area contributed by atoms with Gasteiger partial charge in [-0.05, 0) is 18.2 Å². The van der Waals surface area contributed by atoms with Gasteiger partial charge in [-0.2, -0.15) is 0 Å². The second-order valence-electron chi connectivity index (χ2n) is 3.88. The molecule has 6 heteroatoms. The first-order chi connectivity index (χ1) is 8.56. The third-order valence-corrected chi connectivity index (χ3v) is 2.77. The van der Waals surface area contributed by atoms with Crippen molar-refractivity contribution in [3.05, 3.63) is 34.9 Å². The average molecular weight is 248 g/mol. The van der Waals surface area contributed by atoms with Crippen LogP contribution in [0.25, 0.3) is 0 Å². The zero-order valence-electron chi connectivity index (χ0n) is 9.80. The van der Waals surface area contributed by atoms with Gasteiger partial charge in [-0.15, -0.1) is 0 Å². The van der Waals surface area contributed by atoms with Crippen LogP contribution in [-0.4, -0.2) is 42.9 Å². The van der Waals surface area contributed by atoms with E-state index in [1.54, 1.807) is 0 Å². The van der Waals surface area contributed by atoms with Crippen LogP contribution in [0.3, 0.4) is 0 Å². The standard InChI is InChI=1S/C12H12N2O4/c1-18-5-4-14-11(16)8-3-2-7(10(13)15)6-9(8)12(14)17/h2-3,6H,4-5H2,1H3,(H2,13,15). The number of rotatable bonds is 4. The molecule has 0 aromatic heterocycles. The van der Waals surface area contributed by atoms with E-state index in [2.05, 4.69) is 0 Å². The van der Waals surface area contributed by atoms with E-state index in [9.17, 15) is 14.4 Å². The monoisotopic (exact) mass is 248 g/mol. The number of benzene rings is 1. The Morgan fingerprint density at radius 2 is 1.94 bits per heavy atom. The second-order valence-corrected chi connectivity index (χ2v) is 3.88. The summed E-state index contributed by atoms with van der Waals surface area (Å²) in [5.41, 5.74) is 5.85. The highest BCUT2D eigenvalue weighted by atomic mass is 16.5. The Morgan fingerprint density at radius 3 is 2.56 bits per heavy atom. The first-order valence-corrected chi connectivity index (χ1v) is 5.35. The summed E-state index contributed by atoms with van der Waals surface area (Å²) in [4.78, 5) is 36.0. The molecule has 1 aliphatic rings. The minimum atomic E-state index is -0.631. The molecule has 2 rings (SSSR count). The molecule has 0 aliphatic carbocycles. The molecule has 1 aliphatic heterocycles. The van der Waals surface area contributed by atoms with Gasteiger partial charge in [-0.25, -0.2) is 0 Å². The maximum absolute atomic E-state index is 12.0. The van der Waals surface area contributed by atoms with Crippen molar-refractivity contribution in [3.63, 3.8) is 0 Å². The van der Waals surface area contributed by atoms with E-state index >= 15 is 0 Å². The fraction of sp³-hybridized carbons (Fsp3) is 0.250. The molecule has 0 unspecified atom stereocenters. The first-order valence-electron chi connectivity index (χ1n) is 5.35. The fourth-order valence-electron chi connectivity index (χ4n) is 1.83. The van der Waals surface area contributed by atoms with E-state index in [1.165, 1.54) is 25.3 Å². The van der Waals surface area contributed by atoms with E-state index in [0.717, 1.165) is 4.90 Å². The van der Waals surface area contributed by atoms with Gasteiger partial charge in [-0.1, -0.05) is 0 Å². The quantitative estimate of drug-likeness (QED) is 0.761. The number of primary amides is 1. The molecule has 3 amide bonds. The Balaban J connectivity index is 2.36. The van der Waals surface area contributed by atoms with Gasteiger partial charge in [0.2, 0.25) is 5.91 Å². The van der Waals surface area contributed by atoms with E-state index in [-0.39, 0.29) is 30.2 Å². The second kappa shape index (κ2) is 4.58. The van der Waals surface area contributed by atoms with Crippen molar-refractivity contribution < 1.29 is 19.1 Å². The topological polar surface area (TPSA) is 89.7 Å². The molecule has 1 aromatic carbocycles. The molecule has 0 bridgehead atoms. The van der Waals surface area contributed by atoms with Crippen molar-refractivity contribution in [2.75, 3.05) is 20.3 Å². The smallest absolute Gasteiger partial charge is 0.261 e. The maximum atomic E-state index is 12.0. The number of fused-ring (bicyclic) bond motifs is 1. The van der Waals surface area contributed by atoms with Crippen LogP contribution in [0.5, 0.6) is 0 Å². The van der Waals surface area contributed by atoms with Gasteiger partial charge in [-0.3, -0.25) is 19.3 Å². The van der Waals surface area contributed by atoms with E-state index < -0.39 is 11.8 Å². The van der Waals surface area contributed by atoms with E-state index in [1.807, 2.05) is 0 Å². The third kappa shape index (κ3) is 1.86. The molecule has 0 radical (unpaired) electrons. The predicted molar refractivity (Wildman–Crippen MR) is 62.2 cm³/mol. The number of hydrogen-bond acceptors (Lipinski definition) is 4. The van der Waals surface area contributed by atoms with Crippen LogP contribution in [0.2, 0.25) is 0 Å². The van der Waals surface area contributed by atoms with Crippen LogP contribution >= 0.6 is 0 Å². The highest BCUT2D eigenvalue weighted by Crippen LogP contribution is 2.23. The summed E-state index contributed by atoms with van der Waals surface area (Å²) in [6, 6.07) is 4.24. The van der Waals surface area contributed by atoms with Gasteiger partial charge in [0.05, 0.1) is 24.3 Å². The lowest BCUT2D eigenvalue weighted by Gasteiger charge is -2.12. The number of carbonyl (C=O) groups excluding carboxylic acids is 3.